The Kier molecular flexibility index (Phi) is 4.31. The molecule has 0 radical (unpaired) electrons. The lowest BCUT2D eigenvalue weighted by molar-refractivity contribution is -0.131. The largest absolute Gasteiger partial charge is 0.353 e. The normalized spacial score (nSPS) is 25.9. The molecule has 2 aliphatic rings. The van der Waals surface area contributed by atoms with Gasteiger partial charge in [-0.3, -0.25) is 9.79 Å². The molecule has 5 heteroatoms. The standard InChI is InChI=1S/C12H21N3OS/c1-3-10-8-13-12(17-10)14-9(2)11(16)15-6-4-5-7-15/h9-10H,3-8H2,1-2H3,(H,13,14). The molecule has 4 nitrogen and oxygen atoms in total. The quantitative estimate of drug-likeness (QED) is 0.830. The van der Waals surface area contributed by atoms with Crippen LogP contribution < -0.4 is 5.32 Å². The number of hydrogen-bond acceptors (Lipinski definition) is 4. The van der Waals surface area contributed by atoms with Gasteiger partial charge in [0.15, 0.2) is 5.17 Å². The Morgan fingerprint density at radius 2 is 2.29 bits per heavy atom. The molecule has 2 heterocycles. The average Bonchev–Trinajstić information content (AvgIpc) is 2.98. The topological polar surface area (TPSA) is 44.7 Å². The van der Waals surface area contributed by atoms with E-state index in [1.807, 2.05) is 11.8 Å². The van der Waals surface area contributed by atoms with Gasteiger partial charge in [-0.05, 0) is 26.2 Å². The summed E-state index contributed by atoms with van der Waals surface area (Å²) in [5.41, 5.74) is 0. The molecule has 1 N–H and O–H groups in total. The van der Waals surface area contributed by atoms with Crippen molar-refractivity contribution in [3.8, 4) is 0 Å². The van der Waals surface area contributed by atoms with Gasteiger partial charge >= 0.3 is 0 Å². The maximum Gasteiger partial charge on any atom is 0.244 e. The van der Waals surface area contributed by atoms with E-state index in [-0.39, 0.29) is 11.9 Å². The molecule has 0 aromatic heterocycles. The van der Waals surface area contributed by atoms with Crippen LogP contribution >= 0.6 is 11.8 Å². The zero-order valence-corrected chi connectivity index (χ0v) is 11.4. The molecular weight excluding hydrogens is 234 g/mol. The lowest BCUT2D eigenvalue weighted by Gasteiger charge is -2.21. The van der Waals surface area contributed by atoms with E-state index in [1.165, 1.54) is 0 Å². The summed E-state index contributed by atoms with van der Waals surface area (Å²) in [7, 11) is 0. The van der Waals surface area contributed by atoms with E-state index in [4.69, 9.17) is 0 Å². The third-order valence-electron chi connectivity index (χ3n) is 3.30. The van der Waals surface area contributed by atoms with Gasteiger partial charge in [-0.25, -0.2) is 0 Å². The molecule has 1 amide bonds. The number of carbonyl (C=O) groups excluding carboxylic acids is 1. The number of rotatable bonds is 3. The Bertz CT molecular complexity index is 313. The summed E-state index contributed by atoms with van der Waals surface area (Å²) in [6, 6.07) is -0.144. The highest BCUT2D eigenvalue weighted by Crippen LogP contribution is 2.22. The van der Waals surface area contributed by atoms with Crippen molar-refractivity contribution in [2.45, 2.75) is 44.4 Å². The van der Waals surface area contributed by atoms with E-state index in [0.29, 0.717) is 5.25 Å². The van der Waals surface area contributed by atoms with E-state index in [0.717, 1.165) is 44.1 Å². The summed E-state index contributed by atoms with van der Waals surface area (Å²) >= 11 is 1.77. The van der Waals surface area contributed by atoms with Gasteiger partial charge in [-0.1, -0.05) is 18.7 Å². The maximum absolute atomic E-state index is 12.1. The molecule has 2 unspecified atom stereocenters. The summed E-state index contributed by atoms with van der Waals surface area (Å²) in [5.74, 6) is 0.214. The molecule has 0 bridgehead atoms. The third-order valence-corrected chi connectivity index (χ3v) is 4.59. The summed E-state index contributed by atoms with van der Waals surface area (Å²) in [6.07, 6.45) is 3.42. The first-order valence-electron chi connectivity index (χ1n) is 6.47. The molecule has 17 heavy (non-hydrogen) atoms. The van der Waals surface area contributed by atoms with Crippen LogP contribution in [0, 0.1) is 0 Å². The number of hydrogen-bond donors (Lipinski definition) is 1. The highest BCUT2D eigenvalue weighted by atomic mass is 32.2. The minimum absolute atomic E-state index is 0.144. The Morgan fingerprint density at radius 1 is 1.59 bits per heavy atom. The monoisotopic (exact) mass is 255 g/mol. The highest BCUT2D eigenvalue weighted by Gasteiger charge is 2.26. The van der Waals surface area contributed by atoms with Crippen LogP contribution in [0.25, 0.3) is 0 Å². The van der Waals surface area contributed by atoms with Crippen LogP contribution in [-0.4, -0.2) is 46.9 Å². The minimum atomic E-state index is -0.144. The van der Waals surface area contributed by atoms with Gasteiger partial charge in [0, 0.05) is 18.3 Å². The van der Waals surface area contributed by atoms with Gasteiger partial charge in [0.2, 0.25) is 5.91 Å². The number of amides is 1. The fraction of sp³-hybridized carbons (Fsp3) is 0.833. The van der Waals surface area contributed by atoms with Gasteiger partial charge in [0.25, 0.3) is 0 Å². The molecule has 0 spiro atoms. The molecule has 1 fully saturated rings. The molecule has 1 saturated heterocycles. The lowest BCUT2D eigenvalue weighted by atomic mass is 10.3. The SMILES string of the molecule is CCC1CN=C(NC(C)C(=O)N2CCCC2)S1. The minimum Gasteiger partial charge on any atom is -0.353 e. The van der Waals surface area contributed by atoms with Crippen LogP contribution in [0.3, 0.4) is 0 Å². The van der Waals surface area contributed by atoms with E-state index < -0.39 is 0 Å². The number of carbonyl (C=O) groups is 1. The maximum atomic E-state index is 12.1. The Morgan fingerprint density at radius 3 is 2.88 bits per heavy atom. The summed E-state index contributed by atoms with van der Waals surface area (Å²) in [6.45, 7) is 6.83. The van der Waals surface area contributed by atoms with Crippen molar-refractivity contribution in [3.05, 3.63) is 0 Å². The average molecular weight is 255 g/mol. The zero-order valence-electron chi connectivity index (χ0n) is 10.6. The van der Waals surface area contributed by atoms with Crippen molar-refractivity contribution in [1.82, 2.24) is 10.2 Å². The second-order valence-electron chi connectivity index (χ2n) is 4.69. The molecule has 2 atom stereocenters. The van der Waals surface area contributed by atoms with Crippen LogP contribution in [0.5, 0.6) is 0 Å². The number of thioether (sulfide) groups is 1. The van der Waals surface area contributed by atoms with Gasteiger partial charge in [-0.2, -0.15) is 0 Å². The smallest absolute Gasteiger partial charge is 0.244 e. The molecule has 0 aromatic rings. The molecule has 2 aliphatic heterocycles. The van der Waals surface area contributed by atoms with Crippen molar-refractivity contribution in [1.29, 1.82) is 0 Å². The Hall–Kier alpha value is -0.710. The summed E-state index contributed by atoms with van der Waals surface area (Å²) in [5, 5.41) is 4.77. The summed E-state index contributed by atoms with van der Waals surface area (Å²) < 4.78 is 0. The fourth-order valence-corrected chi connectivity index (χ4v) is 3.19. The second-order valence-corrected chi connectivity index (χ2v) is 5.98. The zero-order chi connectivity index (χ0) is 12.3. The number of nitrogens with zero attached hydrogens (tertiary/aromatic N) is 2. The first-order chi connectivity index (χ1) is 8.20. The number of aliphatic imine (C=N–C) groups is 1. The predicted octanol–water partition coefficient (Wildman–Crippen LogP) is 1.47. The van der Waals surface area contributed by atoms with Gasteiger partial charge in [-0.15, -0.1) is 0 Å². The van der Waals surface area contributed by atoms with E-state index in [2.05, 4.69) is 17.2 Å². The van der Waals surface area contributed by atoms with E-state index in [9.17, 15) is 4.79 Å². The van der Waals surface area contributed by atoms with Crippen molar-refractivity contribution >= 4 is 22.8 Å². The number of amidine groups is 1. The van der Waals surface area contributed by atoms with Crippen LogP contribution in [0.4, 0.5) is 0 Å². The molecule has 0 aromatic carbocycles. The van der Waals surface area contributed by atoms with Crippen molar-refractivity contribution < 1.29 is 4.79 Å². The number of nitrogens with one attached hydrogen (secondary N) is 1. The molecule has 0 saturated carbocycles. The second kappa shape index (κ2) is 5.76. The van der Waals surface area contributed by atoms with Crippen LogP contribution in [0.2, 0.25) is 0 Å². The fourth-order valence-electron chi connectivity index (χ4n) is 2.17. The van der Waals surface area contributed by atoms with Crippen molar-refractivity contribution in [3.63, 3.8) is 0 Å². The van der Waals surface area contributed by atoms with E-state index in [1.54, 1.807) is 11.8 Å². The first kappa shape index (κ1) is 12.7. The Labute approximate surface area is 107 Å². The van der Waals surface area contributed by atoms with Crippen LogP contribution in [0.15, 0.2) is 4.99 Å². The summed E-state index contributed by atoms with van der Waals surface area (Å²) in [4.78, 5) is 18.5. The molecule has 2 rings (SSSR count). The van der Waals surface area contributed by atoms with Crippen LogP contribution in [0.1, 0.15) is 33.1 Å². The van der Waals surface area contributed by atoms with Crippen molar-refractivity contribution in [2.24, 2.45) is 4.99 Å². The molecule has 96 valence electrons. The third kappa shape index (κ3) is 3.15. The van der Waals surface area contributed by atoms with Gasteiger partial charge in [0.05, 0.1) is 6.54 Å². The predicted molar refractivity (Wildman–Crippen MR) is 72.4 cm³/mol. The van der Waals surface area contributed by atoms with Crippen molar-refractivity contribution in [2.75, 3.05) is 19.6 Å². The highest BCUT2D eigenvalue weighted by molar-refractivity contribution is 8.14. The Balaban J connectivity index is 1.80. The van der Waals surface area contributed by atoms with Gasteiger partial charge in [0.1, 0.15) is 6.04 Å². The van der Waals surface area contributed by atoms with Gasteiger partial charge < -0.3 is 10.2 Å². The lowest BCUT2D eigenvalue weighted by Crippen LogP contribution is -2.45. The number of likely N-dealkylation sites (tertiary alicyclic amines) is 1. The van der Waals surface area contributed by atoms with E-state index >= 15 is 0 Å². The molecule has 0 aliphatic carbocycles. The first-order valence-corrected chi connectivity index (χ1v) is 7.35. The molecular formula is C12H21N3OS. The van der Waals surface area contributed by atoms with Crippen LogP contribution in [-0.2, 0) is 4.79 Å².